The van der Waals surface area contributed by atoms with Crippen LogP contribution in [0.1, 0.15) is 27.8 Å². The second kappa shape index (κ2) is 5.19. The van der Waals surface area contributed by atoms with Gasteiger partial charge in [0.15, 0.2) is 0 Å². The van der Waals surface area contributed by atoms with Gasteiger partial charge in [-0.3, -0.25) is 0 Å². The molecule has 2 aromatic rings. The summed E-state index contributed by atoms with van der Waals surface area (Å²) in [6, 6.07) is 17.6. The predicted octanol–water partition coefficient (Wildman–Crippen LogP) is 5.04. The lowest BCUT2D eigenvalue weighted by Crippen LogP contribution is -2.34. The summed E-state index contributed by atoms with van der Waals surface area (Å²) in [5, 5.41) is 0. The molecule has 0 bridgehead atoms. The number of hydrogen-bond donors (Lipinski definition) is 0. The van der Waals surface area contributed by atoms with E-state index in [1.54, 1.807) is 7.11 Å². The maximum atomic E-state index is 5.37. The zero-order valence-electron chi connectivity index (χ0n) is 13.2. The zero-order chi connectivity index (χ0) is 15.0. The zero-order valence-corrected chi connectivity index (χ0v) is 14.2. The van der Waals surface area contributed by atoms with Crippen molar-refractivity contribution < 1.29 is 4.74 Å². The van der Waals surface area contributed by atoms with Gasteiger partial charge in [0.1, 0.15) is 0 Å². The largest absolute Gasteiger partial charge is 0.504 e. The molecule has 0 spiro atoms. The van der Waals surface area contributed by atoms with Crippen molar-refractivity contribution in [2.45, 2.75) is 25.2 Å². The molecule has 0 unspecified atom stereocenters. The standard InChI is InChI=1S/C19H22OSi/c1-20-13-18-14-9-5-7-11-16(14)19(21(2,3)4)17-12-8-6-10-15(17)18/h5-13,19H,1-4H3. The Labute approximate surface area is 128 Å². The summed E-state index contributed by atoms with van der Waals surface area (Å²) >= 11 is 0. The average Bonchev–Trinajstić information content (AvgIpc) is 2.46. The first kappa shape index (κ1) is 14.1. The molecule has 0 N–H and O–H groups in total. The van der Waals surface area contributed by atoms with E-state index in [0.717, 1.165) is 0 Å². The molecule has 2 aromatic carbocycles. The minimum Gasteiger partial charge on any atom is -0.504 e. The second-order valence-electron chi connectivity index (χ2n) is 6.74. The summed E-state index contributed by atoms with van der Waals surface area (Å²) in [6.45, 7) is 7.36. The van der Waals surface area contributed by atoms with Crippen molar-refractivity contribution in [3.8, 4) is 0 Å². The van der Waals surface area contributed by atoms with E-state index in [2.05, 4.69) is 68.2 Å². The highest BCUT2D eigenvalue weighted by molar-refractivity contribution is 6.78. The molecule has 0 heterocycles. The maximum Gasteiger partial charge on any atom is 0.0909 e. The van der Waals surface area contributed by atoms with Crippen LogP contribution in [-0.4, -0.2) is 15.2 Å². The molecule has 0 aromatic heterocycles. The molecule has 0 saturated heterocycles. The summed E-state index contributed by atoms with van der Waals surface area (Å²) in [4.78, 5) is 0. The van der Waals surface area contributed by atoms with E-state index in [4.69, 9.17) is 4.74 Å². The van der Waals surface area contributed by atoms with E-state index in [0.29, 0.717) is 5.54 Å². The van der Waals surface area contributed by atoms with Gasteiger partial charge in [0.05, 0.1) is 21.4 Å². The van der Waals surface area contributed by atoms with Gasteiger partial charge in [-0.1, -0.05) is 68.2 Å². The fraction of sp³-hybridized carbons (Fsp3) is 0.263. The molecule has 2 heteroatoms. The van der Waals surface area contributed by atoms with E-state index in [-0.39, 0.29) is 0 Å². The smallest absolute Gasteiger partial charge is 0.0909 e. The van der Waals surface area contributed by atoms with Crippen LogP contribution < -0.4 is 0 Å². The van der Waals surface area contributed by atoms with Crippen LogP contribution in [0.25, 0.3) is 5.57 Å². The monoisotopic (exact) mass is 294 g/mol. The van der Waals surface area contributed by atoms with Gasteiger partial charge < -0.3 is 4.74 Å². The molecule has 1 nitrogen and oxygen atoms in total. The first-order valence-electron chi connectivity index (χ1n) is 7.45. The molecule has 0 aliphatic heterocycles. The average molecular weight is 294 g/mol. The molecule has 1 aliphatic rings. The molecule has 21 heavy (non-hydrogen) atoms. The summed E-state index contributed by atoms with van der Waals surface area (Å²) in [5.74, 6) is 0. The van der Waals surface area contributed by atoms with Crippen LogP contribution >= 0.6 is 0 Å². The third-order valence-electron chi connectivity index (χ3n) is 4.23. The third-order valence-corrected chi connectivity index (χ3v) is 6.58. The molecule has 0 amide bonds. The van der Waals surface area contributed by atoms with Crippen molar-refractivity contribution in [1.82, 2.24) is 0 Å². The number of ether oxygens (including phenoxy) is 1. The van der Waals surface area contributed by atoms with Gasteiger partial charge in [0.25, 0.3) is 0 Å². The summed E-state index contributed by atoms with van der Waals surface area (Å²) in [6.07, 6.45) is 1.89. The minimum atomic E-state index is -1.38. The molecule has 3 rings (SSSR count). The number of benzene rings is 2. The van der Waals surface area contributed by atoms with E-state index in [9.17, 15) is 0 Å². The highest BCUT2D eigenvalue weighted by Crippen LogP contribution is 2.46. The summed E-state index contributed by atoms with van der Waals surface area (Å²) in [7, 11) is 0.346. The fourth-order valence-corrected chi connectivity index (χ4v) is 5.85. The Morgan fingerprint density at radius 1 is 0.857 bits per heavy atom. The molecule has 0 radical (unpaired) electrons. The normalized spacial score (nSPS) is 17.0. The van der Waals surface area contributed by atoms with Gasteiger partial charge in [0.2, 0.25) is 0 Å². The first-order valence-corrected chi connectivity index (χ1v) is 11.0. The third kappa shape index (κ3) is 2.34. The number of fused-ring (bicyclic) bond motifs is 2. The number of rotatable bonds is 2. The van der Waals surface area contributed by atoms with Crippen LogP contribution in [0.15, 0.2) is 54.8 Å². The number of hydrogen-bond acceptors (Lipinski definition) is 1. The quantitative estimate of drug-likeness (QED) is 0.556. The fourth-order valence-electron chi connectivity index (χ4n) is 3.48. The Hall–Kier alpha value is -1.80. The lowest BCUT2D eigenvalue weighted by Gasteiger charge is -2.37. The highest BCUT2D eigenvalue weighted by Gasteiger charge is 2.36. The Morgan fingerprint density at radius 3 is 1.76 bits per heavy atom. The van der Waals surface area contributed by atoms with E-state index < -0.39 is 8.07 Å². The Bertz CT molecular complexity index is 645. The SMILES string of the molecule is COC=C1c2ccccc2C([Si](C)(C)C)c2ccccc21. The summed E-state index contributed by atoms with van der Waals surface area (Å²) < 4.78 is 5.37. The van der Waals surface area contributed by atoms with E-state index in [1.165, 1.54) is 27.8 Å². The van der Waals surface area contributed by atoms with Crippen LogP contribution in [-0.2, 0) is 4.74 Å². The Kier molecular flexibility index (Phi) is 3.50. The molecule has 0 atom stereocenters. The van der Waals surface area contributed by atoms with Gasteiger partial charge in [0, 0.05) is 11.1 Å². The van der Waals surface area contributed by atoms with Crippen molar-refractivity contribution in [3.05, 3.63) is 77.0 Å². The van der Waals surface area contributed by atoms with Gasteiger partial charge in [-0.15, -0.1) is 0 Å². The van der Waals surface area contributed by atoms with Gasteiger partial charge in [-0.2, -0.15) is 0 Å². The second-order valence-corrected chi connectivity index (χ2v) is 12.1. The lowest BCUT2D eigenvalue weighted by molar-refractivity contribution is 0.340. The van der Waals surface area contributed by atoms with Crippen molar-refractivity contribution in [2.75, 3.05) is 7.11 Å². The first-order chi connectivity index (χ1) is 10.0. The molecule has 108 valence electrons. The van der Waals surface area contributed by atoms with Gasteiger partial charge in [-0.25, -0.2) is 0 Å². The van der Waals surface area contributed by atoms with E-state index in [1.807, 2.05) is 6.26 Å². The molecular weight excluding hydrogens is 272 g/mol. The Balaban J connectivity index is 2.34. The summed E-state index contributed by atoms with van der Waals surface area (Å²) in [5.41, 5.74) is 7.31. The van der Waals surface area contributed by atoms with Crippen molar-refractivity contribution >= 4 is 13.6 Å². The van der Waals surface area contributed by atoms with Crippen LogP contribution in [0.4, 0.5) is 0 Å². The van der Waals surface area contributed by atoms with Gasteiger partial charge >= 0.3 is 0 Å². The van der Waals surface area contributed by atoms with Crippen LogP contribution in [0.2, 0.25) is 19.6 Å². The van der Waals surface area contributed by atoms with Crippen molar-refractivity contribution in [2.24, 2.45) is 0 Å². The maximum absolute atomic E-state index is 5.37. The van der Waals surface area contributed by atoms with Crippen LogP contribution in [0.3, 0.4) is 0 Å². The topological polar surface area (TPSA) is 9.23 Å². The van der Waals surface area contributed by atoms with Crippen molar-refractivity contribution in [1.29, 1.82) is 0 Å². The predicted molar refractivity (Wildman–Crippen MR) is 92.2 cm³/mol. The van der Waals surface area contributed by atoms with Gasteiger partial charge in [-0.05, 0) is 22.3 Å². The minimum absolute atomic E-state index is 0.541. The number of methoxy groups -OCH3 is 1. The van der Waals surface area contributed by atoms with Crippen LogP contribution in [0, 0.1) is 0 Å². The molecular formula is C19H22OSi. The molecule has 1 aliphatic carbocycles. The highest BCUT2D eigenvalue weighted by atomic mass is 28.3. The van der Waals surface area contributed by atoms with Crippen LogP contribution in [0.5, 0.6) is 0 Å². The molecule has 0 saturated carbocycles. The molecule has 0 fully saturated rings. The lowest BCUT2D eigenvalue weighted by atomic mass is 9.82. The Morgan fingerprint density at radius 2 is 1.33 bits per heavy atom. The van der Waals surface area contributed by atoms with E-state index >= 15 is 0 Å². The van der Waals surface area contributed by atoms with Crippen molar-refractivity contribution in [3.63, 3.8) is 0 Å².